The Morgan fingerprint density at radius 3 is 3.00 bits per heavy atom. The molecular weight excluding hydrogens is 270 g/mol. The van der Waals surface area contributed by atoms with Crippen molar-refractivity contribution in [3.63, 3.8) is 0 Å². The lowest BCUT2D eigenvalue weighted by Crippen LogP contribution is -2.26. The van der Waals surface area contributed by atoms with E-state index in [9.17, 15) is 4.79 Å². The number of thiazole rings is 1. The van der Waals surface area contributed by atoms with Crippen LogP contribution < -0.4 is 11.1 Å². The minimum Gasteiger partial charge on any atom is -0.399 e. The average molecular weight is 282 g/mol. The third-order valence-corrected chi connectivity index (χ3v) is 3.34. The molecule has 0 unspecified atom stereocenters. The Morgan fingerprint density at radius 2 is 2.33 bits per heavy atom. The zero-order valence-electron chi connectivity index (χ0n) is 9.52. The zero-order chi connectivity index (χ0) is 13.0. The van der Waals surface area contributed by atoms with E-state index < -0.39 is 0 Å². The van der Waals surface area contributed by atoms with Crippen LogP contribution in [0.15, 0.2) is 29.1 Å². The molecule has 0 aliphatic heterocycles. The molecule has 2 rings (SSSR count). The van der Waals surface area contributed by atoms with E-state index in [1.54, 1.807) is 35.0 Å². The van der Waals surface area contributed by atoms with E-state index >= 15 is 0 Å². The van der Waals surface area contributed by atoms with Gasteiger partial charge in [0.15, 0.2) is 0 Å². The van der Waals surface area contributed by atoms with Gasteiger partial charge >= 0.3 is 0 Å². The molecule has 0 bridgehead atoms. The van der Waals surface area contributed by atoms with Crippen molar-refractivity contribution in [2.45, 2.75) is 6.42 Å². The molecule has 2 aromatic rings. The van der Waals surface area contributed by atoms with Gasteiger partial charge in [0.05, 0.1) is 21.8 Å². The van der Waals surface area contributed by atoms with Gasteiger partial charge in [-0.05, 0) is 18.2 Å². The summed E-state index contributed by atoms with van der Waals surface area (Å²) in [6.45, 7) is 0.531. The molecule has 0 radical (unpaired) electrons. The van der Waals surface area contributed by atoms with Crippen molar-refractivity contribution in [1.82, 2.24) is 10.3 Å². The number of carbonyl (C=O) groups excluding carboxylic acids is 1. The number of hydrogen-bond acceptors (Lipinski definition) is 4. The molecule has 4 nitrogen and oxygen atoms in total. The van der Waals surface area contributed by atoms with Gasteiger partial charge in [-0.3, -0.25) is 4.79 Å². The first-order chi connectivity index (χ1) is 8.66. The largest absolute Gasteiger partial charge is 0.399 e. The SMILES string of the molecule is Nc1ccc(C(=O)NCCc2cscn2)c(Cl)c1. The minimum absolute atomic E-state index is 0.199. The van der Waals surface area contributed by atoms with Crippen LogP contribution in [0, 0.1) is 0 Å². The van der Waals surface area contributed by atoms with E-state index in [1.165, 1.54) is 0 Å². The highest BCUT2D eigenvalue weighted by atomic mass is 35.5. The molecule has 0 saturated carbocycles. The molecule has 0 spiro atoms. The van der Waals surface area contributed by atoms with Crippen LogP contribution in [0.25, 0.3) is 0 Å². The molecule has 0 aliphatic carbocycles. The first kappa shape index (κ1) is 12.9. The highest BCUT2D eigenvalue weighted by Crippen LogP contribution is 2.18. The maximum Gasteiger partial charge on any atom is 0.252 e. The molecular formula is C12H12ClN3OS. The van der Waals surface area contributed by atoms with Crippen LogP contribution in [0.5, 0.6) is 0 Å². The van der Waals surface area contributed by atoms with Crippen LogP contribution in [-0.4, -0.2) is 17.4 Å². The molecule has 1 aromatic heterocycles. The maximum atomic E-state index is 11.9. The monoisotopic (exact) mass is 281 g/mol. The summed E-state index contributed by atoms with van der Waals surface area (Å²) in [6, 6.07) is 4.84. The molecule has 94 valence electrons. The smallest absolute Gasteiger partial charge is 0.252 e. The molecule has 3 N–H and O–H groups in total. The van der Waals surface area contributed by atoms with Crippen LogP contribution in [-0.2, 0) is 6.42 Å². The lowest BCUT2D eigenvalue weighted by atomic mass is 10.2. The molecule has 0 fully saturated rings. The van der Waals surface area contributed by atoms with E-state index in [0.717, 1.165) is 5.69 Å². The summed E-state index contributed by atoms with van der Waals surface area (Å²) in [6.07, 6.45) is 0.710. The van der Waals surface area contributed by atoms with Crippen molar-refractivity contribution in [1.29, 1.82) is 0 Å². The third-order valence-electron chi connectivity index (χ3n) is 2.39. The number of carbonyl (C=O) groups is 1. The summed E-state index contributed by atoms with van der Waals surface area (Å²) >= 11 is 7.49. The number of nitrogens with zero attached hydrogens (tertiary/aromatic N) is 1. The van der Waals surface area contributed by atoms with Crippen LogP contribution in [0.2, 0.25) is 5.02 Å². The number of anilines is 1. The number of nitrogen functional groups attached to an aromatic ring is 1. The number of nitrogens with two attached hydrogens (primary N) is 1. The first-order valence-electron chi connectivity index (χ1n) is 5.37. The number of hydrogen-bond donors (Lipinski definition) is 2. The van der Waals surface area contributed by atoms with E-state index in [4.69, 9.17) is 17.3 Å². The van der Waals surface area contributed by atoms with Gasteiger partial charge in [-0.25, -0.2) is 4.98 Å². The summed E-state index contributed by atoms with van der Waals surface area (Å²) in [5.41, 5.74) is 9.29. The van der Waals surface area contributed by atoms with Crippen molar-refractivity contribution >= 4 is 34.5 Å². The van der Waals surface area contributed by atoms with Crippen molar-refractivity contribution in [2.24, 2.45) is 0 Å². The Bertz CT molecular complexity index is 542. The summed E-state index contributed by atoms with van der Waals surface area (Å²) in [4.78, 5) is 16.0. The molecule has 1 aromatic carbocycles. The van der Waals surface area contributed by atoms with E-state index in [-0.39, 0.29) is 5.91 Å². The Labute approximate surface area is 114 Å². The van der Waals surface area contributed by atoms with Gasteiger partial charge in [-0.15, -0.1) is 11.3 Å². The van der Waals surface area contributed by atoms with Crippen LogP contribution >= 0.6 is 22.9 Å². The highest BCUT2D eigenvalue weighted by Gasteiger charge is 2.09. The second kappa shape index (κ2) is 5.84. The van der Waals surface area contributed by atoms with E-state index in [0.29, 0.717) is 29.2 Å². The predicted molar refractivity (Wildman–Crippen MR) is 74.0 cm³/mol. The van der Waals surface area contributed by atoms with Gasteiger partial charge in [0.25, 0.3) is 5.91 Å². The molecule has 1 heterocycles. The minimum atomic E-state index is -0.199. The Kier molecular flexibility index (Phi) is 4.17. The summed E-state index contributed by atoms with van der Waals surface area (Å²) in [5, 5.41) is 5.12. The number of amides is 1. The Morgan fingerprint density at radius 1 is 1.50 bits per heavy atom. The maximum absolute atomic E-state index is 11.9. The number of rotatable bonds is 4. The second-order valence-electron chi connectivity index (χ2n) is 3.72. The first-order valence-corrected chi connectivity index (χ1v) is 6.69. The molecule has 6 heteroatoms. The van der Waals surface area contributed by atoms with Gasteiger partial charge in [-0.2, -0.15) is 0 Å². The molecule has 0 aliphatic rings. The number of benzene rings is 1. The Hall–Kier alpha value is -1.59. The summed E-state index contributed by atoms with van der Waals surface area (Å²) in [7, 11) is 0. The average Bonchev–Trinajstić information content (AvgIpc) is 2.81. The predicted octanol–water partition coefficient (Wildman–Crippen LogP) is 2.35. The van der Waals surface area contributed by atoms with Gasteiger partial charge in [0, 0.05) is 24.0 Å². The number of halogens is 1. The van der Waals surface area contributed by atoms with Crippen molar-refractivity contribution in [3.05, 3.63) is 45.4 Å². The lowest BCUT2D eigenvalue weighted by molar-refractivity contribution is 0.0954. The molecule has 18 heavy (non-hydrogen) atoms. The third kappa shape index (κ3) is 3.21. The topological polar surface area (TPSA) is 68.0 Å². The quantitative estimate of drug-likeness (QED) is 0.846. The Balaban J connectivity index is 1.91. The summed E-state index contributed by atoms with van der Waals surface area (Å²) < 4.78 is 0. The summed E-state index contributed by atoms with van der Waals surface area (Å²) in [5.74, 6) is -0.199. The van der Waals surface area contributed by atoms with Crippen molar-refractivity contribution in [2.75, 3.05) is 12.3 Å². The van der Waals surface area contributed by atoms with E-state index in [2.05, 4.69) is 10.3 Å². The van der Waals surface area contributed by atoms with Gasteiger partial charge in [0.1, 0.15) is 0 Å². The number of nitrogens with one attached hydrogen (secondary N) is 1. The van der Waals surface area contributed by atoms with Gasteiger partial charge in [0.2, 0.25) is 0 Å². The second-order valence-corrected chi connectivity index (χ2v) is 4.85. The van der Waals surface area contributed by atoms with Crippen molar-refractivity contribution in [3.8, 4) is 0 Å². The molecule has 1 amide bonds. The highest BCUT2D eigenvalue weighted by molar-refractivity contribution is 7.07. The molecule has 0 saturated heterocycles. The van der Waals surface area contributed by atoms with Crippen LogP contribution in [0.4, 0.5) is 5.69 Å². The van der Waals surface area contributed by atoms with Gasteiger partial charge < -0.3 is 11.1 Å². The lowest BCUT2D eigenvalue weighted by Gasteiger charge is -2.06. The zero-order valence-corrected chi connectivity index (χ0v) is 11.1. The van der Waals surface area contributed by atoms with Crippen LogP contribution in [0.1, 0.15) is 16.1 Å². The van der Waals surface area contributed by atoms with Crippen LogP contribution in [0.3, 0.4) is 0 Å². The fourth-order valence-electron chi connectivity index (χ4n) is 1.48. The normalized spacial score (nSPS) is 10.3. The van der Waals surface area contributed by atoms with Gasteiger partial charge in [-0.1, -0.05) is 11.6 Å². The fraction of sp³-hybridized carbons (Fsp3) is 0.167. The van der Waals surface area contributed by atoms with E-state index in [1.807, 2.05) is 5.38 Å². The fourth-order valence-corrected chi connectivity index (χ4v) is 2.34. The van der Waals surface area contributed by atoms with Crippen molar-refractivity contribution < 1.29 is 4.79 Å². The standard InChI is InChI=1S/C12H12ClN3OS/c13-11-5-8(14)1-2-10(11)12(17)15-4-3-9-6-18-7-16-9/h1-2,5-7H,3-4,14H2,(H,15,17). The number of aromatic nitrogens is 1. The molecule has 0 atom stereocenters.